The molecule has 1 aliphatic rings. The molecule has 1 aliphatic heterocycles. The number of primary amides is 1. The molecule has 0 radical (unpaired) electrons. The van der Waals surface area contributed by atoms with Gasteiger partial charge in [-0.3, -0.25) is 4.79 Å². The number of nitrogens with zero attached hydrogens (tertiary/aromatic N) is 1. The van der Waals surface area contributed by atoms with Crippen molar-refractivity contribution in [3.05, 3.63) is 35.4 Å². The van der Waals surface area contributed by atoms with Crippen molar-refractivity contribution in [1.82, 2.24) is 10.6 Å². The van der Waals surface area contributed by atoms with Gasteiger partial charge in [-0.2, -0.15) is 0 Å². The molecule has 120 valence electrons. The number of nitrogens with one attached hydrogen (secondary N) is 2. The summed E-state index contributed by atoms with van der Waals surface area (Å²) < 4.78 is 5.59. The van der Waals surface area contributed by atoms with Crippen LogP contribution in [0.1, 0.15) is 35.7 Å². The van der Waals surface area contributed by atoms with Crippen LogP contribution in [0.15, 0.2) is 29.3 Å². The maximum atomic E-state index is 11.2. The predicted octanol–water partition coefficient (Wildman–Crippen LogP) is 1.02. The van der Waals surface area contributed by atoms with Gasteiger partial charge in [0.1, 0.15) is 0 Å². The van der Waals surface area contributed by atoms with Crippen LogP contribution in [0.25, 0.3) is 0 Å². The average molecular weight is 304 g/mol. The number of ether oxygens (including phenoxy) is 1. The maximum absolute atomic E-state index is 11.2. The van der Waals surface area contributed by atoms with Crippen molar-refractivity contribution in [2.45, 2.75) is 32.4 Å². The SMILES string of the molecule is CCNC(=NCc1cccc(C(N)=O)c1)NCC1CCCO1. The number of rotatable bonds is 6. The topological polar surface area (TPSA) is 88.7 Å². The molecule has 1 heterocycles. The Bertz CT molecular complexity index is 525. The van der Waals surface area contributed by atoms with Crippen molar-refractivity contribution in [3.63, 3.8) is 0 Å². The highest BCUT2D eigenvalue weighted by Gasteiger charge is 2.15. The minimum atomic E-state index is -0.422. The van der Waals surface area contributed by atoms with Crippen molar-refractivity contribution in [2.24, 2.45) is 10.7 Å². The monoisotopic (exact) mass is 304 g/mol. The number of hydrogen-bond donors (Lipinski definition) is 3. The quantitative estimate of drug-likeness (QED) is 0.541. The van der Waals surface area contributed by atoms with Crippen LogP contribution in [0.5, 0.6) is 0 Å². The summed E-state index contributed by atoms with van der Waals surface area (Å²) in [5, 5.41) is 6.50. The van der Waals surface area contributed by atoms with E-state index in [0.717, 1.165) is 44.1 Å². The second kappa shape index (κ2) is 8.38. The summed E-state index contributed by atoms with van der Waals surface area (Å²) in [5.41, 5.74) is 6.74. The van der Waals surface area contributed by atoms with Gasteiger partial charge in [0.25, 0.3) is 0 Å². The number of hydrogen-bond acceptors (Lipinski definition) is 3. The zero-order valence-electron chi connectivity index (χ0n) is 13.0. The van der Waals surface area contributed by atoms with Crippen LogP contribution in [-0.4, -0.2) is 37.7 Å². The number of guanidine groups is 1. The molecule has 0 spiro atoms. The number of nitrogens with two attached hydrogens (primary N) is 1. The van der Waals surface area contributed by atoms with Crippen LogP contribution in [0.2, 0.25) is 0 Å². The Labute approximate surface area is 131 Å². The summed E-state index contributed by atoms with van der Waals surface area (Å²) in [6.45, 7) is 4.91. The molecule has 6 heteroatoms. The predicted molar refractivity (Wildman–Crippen MR) is 86.8 cm³/mol. The molecule has 1 fully saturated rings. The van der Waals surface area contributed by atoms with Gasteiger partial charge in [0.15, 0.2) is 5.96 Å². The number of carbonyl (C=O) groups excluding carboxylic acids is 1. The number of benzene rings is 1. The van der Waals surface area contributed by atoms with Gasteiger partial charge in [-0.15, -0.1) is 0 Å². The highest BCUT2D eigenvalue weighted by Crippen LogP contribution is 2.10. The minimum Gasteiger partial charge on any atom is -0.376 e. The van der Waals surface area contributed by atoms with Gasteiger partial charge in [0.2, 0.25) is 5.91 Å². The Morgan fingerprint density at radius 2 is 2.32 bits per heavy atom. The van der Waals surface area contributed by atoms with E-state index in [1.807, 2.05) is 19.1 Å². The van der Waals surface area contributed by atoms with E-state index in [2.05, 4.69) is 15.6 Å². The Hall–Kier alpha value is -2.08. The molecule has 0 bridgehead atoms. The summed E-state index contributed by atoms with van der Waals surface area (Å²) in [5.74, 6) is 0.330. The summed E-state index contributed by atoms with van der Waals surface area (Å²) in [6.07, 6.45) is 2.48. The van der Waals surface area contributed by atoms with E-state index in [1.54, 1.807) is 12.1 Å². The zero-order valence-corrected chi connectivity index (χ0v) is 13.0. The molecule has 1 saturated heterocycles. The second-order valence-electron chi connectivity index (χ2n) is 5.28. The molecule has 2 rings (SSSR count). The molecule has 22 heavy (non-hydrogen) atoms. The normalized spacial score (nSPS) is 18.2. The van der Waals surface area contributed by atoms with Crippen LogP contribution in [0.4, 0.5) is 0 Å². The number of carbonyl (C=O) groups is 1. The molecule has 1 amide bonds. The van der Waals surface area contributed by atoms with Gasteiger partial charge in [0.05, 0.1) is 12.6 Å². The third-order valence-electron chi connectivity index (χ3n) is 3.50. The molecular weight excluding hydrogens is 280 g/mol. The summed E-state index contributed by atoms with van der Waals surface area (Å²) in [7, 11) is 0. The molecule has 1 aromatic rings. The van der Waals surface area contributed by atoms with Gasteiger partial charge >= 0.3 is 0 Å². The zero-order chi connectivity index (χ0) is 15.8. The Balaban J connectivity index is 1.93. The fourth-order valence-electron chi connectivity index (χ4n) is 2.35. The first-order valence-corrected chi connectivity index (χ1v) is 7.71. The first-order valence-electron chi connectivity index (χ1n) is 7.71. The average Bonchev–Trinajstić information content (AvgIpc) is 3.03. The Morgan fingerprint density at radius 1 is 1.45 bits per heavy atom. The Kier molecular flexibility index (Phi) is 6.21. The van der Waals surface area contributed by atoms with Crippen molar-refractivity contribution in [1.29, 1.82) is 0 Å². The maximum Gasteiger partial charge on any atom is 0.248 e. The smallest absolute Gasteiger partial charge is 0.248 e. The molecule has 0 saturated carbocycles. The number of amides is 1. The van der Waals surface area contributed by atoms with Crippen LogP contribution in [0, 0.1) is 0 Å². The summed E-state index contributed by atoms with van der Waals surface area (Å²) in [4.78, 5) is 15.7. The van der Waals surface area contributed by atoms with Gasteiger partial charge in [-0.1, -0.05) is 12.1 Å². The number of aliphatic imine (C=N–C) groups is 1. The first kappa shape index (κ1) is 16.3. The van der Waals surface area contributed by atoms with E-state index in [0.29, 0.717) is 12.1 Å². The van der Waals surface area contributed by atoms with E-state index < -0.39 is 5.91 Å². The second-order valence-corrected chi connectivity index (χ2v) is 5.28. The van der Waals surface area contributed by atoms with Crippen molar-refractivity contribution in [3.8, 4) is 0 Å². The highest BCUT2D eigenvalue weighted by atomic mass is 16.5. The molecular formula is C16H24N4O2. The molecule has 6 nitrogen and oxygen atoms in total. The van der Waals surface area contributed by atoms with Crippen molar-refractivity contribution in [2.75, 3.05) is 19.7 Å². The van der Waals surface area contributed by atoms with E-state index in [-0.39, 0.29) is 6.10 Å². The van der Waals surface area contributed by atoms with Crippen LogP contribution < -0.4 is 16.4 Å². The lowest BCUT2D eigenvalue weighted by Gasteiger charge is -2.14. The highest BCUT2D eigenvalue weighted by molar-refractivity contribution is 5.92. The van der Waals surface area contributed by atoms with Gasteiger partial charge in [-0.05, 0) is 37.5 Å². The Morgan fingerprint density at radius 3 is 3.00 bits per heavy atom. The van der Waals surface area contributed by atoms with E-state index in [9.17, 15) is 4.79 Å². The minimum absolute atomic E-state index is 0.266. The third-order valence-corrected chi connectivity index (χ3v) is 3.50. The molecule has 4 N–H and O–H groups in total. The molecule has 1 unspecified atom stereocenters. The van der Waals surface area contributed by atoms with E-state index in [1.165, 1.54) is 0 Å². The van der Waals surface area contributed by atoms with Gasteiger partial charge in [-0.25, -0.2) is 4.99 Å². The molecule has 0 aromatic heterocycles. The molecule has 1 atom stereocenters. The van der Waals surface area contributed by atoms with E-state index >= 15 is 0 Å². The molecule has 1 aromatic carbocycles. The van der Waals surface area contributed by atoms with Gasteiger partial charge in [0, 0.05) is 25.3 Å². The standard InChI is InChI=1S/C16H24N4O2/c1-2-18-16(20-11-14-7-4-8-22-14)19-10-12-5-3-6-13(9-12)15(17)21/h3,5-6,9,14H,2,4,7-8,10-11H2,1H3,(H2,17,21)(H2,18,19,20). The van der Waals surface area contributed by atoms with Crippen LogP contribution >= 0.6 is 0 Å². The largest absolute Gasteiger partial charge is 0.376 e. The lowest BCUT2D eigenvalue weighted by atomic mass is 10.1. The summed E-state index contributed by atoms with van der Waals surface area (Å²) >= 11 is 0. The molecule has 0 aliphatic carbocycles. The fourth-order valence-corrected chi connectivity index (χ4v) is 2.35. The van der Waals surface area contributed by atoms with Crippen molar-refractivity contribution >= 4 is 11.9 Å². The van der Waals surface area contributed by atoms with Crippen LogP contribution in [-0.2, 0) is 11.3 Å². The summed E-state index contributed by atoms with van der Waals surface area (Å²) in [6, 6.07) is 7.23. The lowest BCUT2D eigenvalue weighted by molar-refractivity contribution is 0.1000. The lowest BCUT2D eigenvalue weighted by Crippen LogP contribution is -2.41. The van der Waals surface area contributed by atoms with Crippen LogP contribution in [0.3, 0.4) is 0 Å². The van der Waals surface area contributed by atoms with Gasteiger partial charge < -0.3 is 21.1 Å². The van der Waals surface area contributed by atoms with E-state index in [4.69, 9.17) is 10.5 Å². The fraction of sp³-hybridized carbons (Fsp3) is 0.500. The third kappa shape index (κ3) is 5.04. The first-order chi connectivity index (χ1) is 10.7. The van der Waals surface area contributed by atoms with Crippen molar-refractivity contribution < 1.29 is 9.53 Å².